The Bertz CT molecular complexity index is 279. The summed E-state index contributed by atoms with van der Waals surface area (Å²) in [4.78, 5) is 23.2. The van der Waals surface area contributed by atoms with Gasteiger partial charge in [-0.05, 0) is 20.3 Å². The second kappa shape index (κ2) is 7.92. The van der Waals surface area contributed by atoms with Gasteiger partial charge in [0.25, 0.3) is 0 Å². The van der Waals surface area contributed by atoms with Gasteiger partial charge in [0.2, 0.25) is 0 Å². The van der Waals surface area contributed by atoms with Gasteiger partial charge >= 0.3 is 12.0 Å². The molecule has 0 bridgehead atoms. The predicted octanol–water partition coefficient (Wildman–Crippen LogP) is 1.31. The molecule has 0 saturated heterocycles. The number of nitrogens with one attached hydrogen (secondary N) is 1. The number of ether oxygens (including phenoxy) is 1. The first-order valence-electron chi connectivity index (χ1n) is 6.13. The lowest BCUT2D eigenvalue weighted by Crippen LogP contribution is -2.40. The van der Waals surface area contributed by atoms with Crippen molar-refractivity contribution in [2.75, 3.05) is 26.7 Å². The van der Waals surface area contributed by atoms with Crippen LogP contribution >= 0.6 is 0 Å². The summed E-state index contributed by atoms with van der Waals surface area (Å²) >= 11 is 0. The lowest BCUT2D eigenvalue weighted by Gasteiger charge is -2.24. The highest BCUT2D eigenvalue weighted by molar-refractivity contribution is 5.74. The summed E-state index contributed by atoms with van der Waals surface area (Å²) in [7, 11) is 1.56. The molecule has 0 saturated carbocycles. The third-order valence-electron chi connectivity index (χ3n) is 2.73. The van der Waals surface area contributed by atoms with Crippen molar-refractivity contribution >= 4 is 12.0 Å². The zero-order valence-corrected chi connectivity index (χ0v) is 11.7. The van der Waals surface area contributed by atoms with E-state index in [1.54, 1.807) is 7.05 Å². The van der Waals surface area contributed by atoms with Gasteiger partial charge in [0.1, 0.15) is 0 Å². The zero-order valence-electron chi connectivity index (χ0n) is 11.7. The first-order valence-corrected chi connectivity index (χ1v) is 6.13. The Morgan fingerprint density at radius 1 is 1.39 bits per heavy atom. The quantitative estimate of drug-likeness (QED) is 0.645. The summed E-state index contributed by atoms with van der Waals surface area (Å²) in [6, 6.07) is -0.283. The summed E-state index contributed by atoms with van der Waals surface area (Å²) in [6.07, 6.45) is 0.850. The van der Waals surface area contributed by atoms with Crippen molar-refractivity contribution in [3.63, 3.8) is 0 Å². The van der Waals surface area contributed by atoms with Crippen molar-refractivity contribution in [2.24, 2.45) is 0 Å². The maximum absolute atomic E-state index is 11.5. The van der Waals surface area contributed by atoms with E-state index in [1.807, 2.05) is 20.8 Å². The molecule has 2 amide bonds. The summed E-state index contributed by atoms with van der Waals surface area (Å²) in [6.45, 7) is 7.08. The molecule has 6 heteroatoms. The minimum atomic E-state index is -0.914. The summed E-state index contributed by atoms with van der Waals surface area (Å²) in [5.74, 6) is -0.914. The Morgan fingerprint density at radius 3 is 2.50 bits per heavy atom. The zero-order chi connectivity index (χ0) is 14.2. The summed E-state index contributed by atoms with van der Waals surface area (Å²) < 4.78 is 5.58. The Labute approximate surface area is 108 Å². The first-order chi connectivity index (χ1) is 8.28. The van der Waals surface area contributed by atoms with Gasteiger partial charge in [-0.1, -0.05) is 6.92 Å². The average molecular weight is 260 g/mol. The third-order valence-corrected chi connectivity index (χ3v) is 2.73. The van der Waals surface area contributed by atoms with Crippen molar-refractivity contribution in [1.29, 1.82) is 0 Å². The molecule has 0 heterocycles. The number of rotatable bonds is 8. The first kappa shape index (κ1) is 16.7. The lowest BCUT2D eigenvalue weighted by atomic mass is 10.1. The molecule has 0 aromatic carbocycles. The number of nitrogens with zero attached hydrogens (tertiary/aromatic N) is 1. The molecule has 106 valence electrons. The second-order valence-electron chi connectivity index (χ2n) is 4.76. The van der Waals surface area contributed by atoms with E-state index in [0.29, 0.717) is 13.2 Å². The fraction of sp³-hybridized carbons (Fsp3) is 0.833. The number of hydrogen-bond acceptors (Lipinski definition) is 3. The molecular weight excluding hydrogens is 236 g/mol. The summed E-state index contributed by atoms with van der Waals surface area (Å²) in [5.41, 5.74) is -0.181. The van der Waals surface area contributed by atoms with Crippen LogP contribution in [0.15, 0.2) is 0 Å². The van der Waals surface area contributed by atoms with Gasteiger partial charge in [-0.2, -0.15) is 0 Å². The molecule has 0 spiro atoms. The fourth-order valence-electron chi connectivity index (χ4n) is 1.09. The third kappa shape index (κ3) is 7.89. The number of hydrogen-bond donors (Lipinski definition) is 2. The van der Waals surface area contributed by atoms with Crippen molar-refractivity contribution in [3.05, 3.63) is 0 Å². The lowest BCUT2D eigenvalue weighted by molar-refractivity contribution is -0.137. The van der Waals surface area contributed by atoms with Crippen molar-refractivity contribution in [2.45, 2.75) is 39.2 Å². The van der Waals surface area contributed by atoms with E-state index in [-0.39, 0.29) is 24.6 Å². The molecule has 0 fully saturated rings. The Hall–Kier alpha value is -1.30. The highest BCUT2D eigenvalue weighted by Crippen LogP contribution is 2.12. The molecule has 0 aliphatic carbocycles. The van der Waals surface area contributed by atoms with Gasteiger partial charge < -0.3 is 20.1 Å². The molecule has 0 aliphatic rings. The van der Waals surface area contributed by atoms with Crippen LogP contribution in [0.1, 0.15) is 33.6 Å². The van der Waals surface area contributed by atoms with Crippen LogP contribution in [0.2, 0.25) is 0 Å². The van der Waals surface area contributed by atoms with Crippen molar-refractivity contribution < 1.29 is 19.4 Å². The maximum Gasteiger partial charge on any atom is 0.317 e. The van der Waals surface area contributed by atoms with Gasteiger partial charge in [-0.25, -0.2) is 4.79 Å². The average Bonchev–Trinajstić information content (AvgIpc) is 2.31. The molecule has 0 rings (SSSR count). The highest BCUT2D eigenvalue weighted by Gasteiger charge is 2.15. The molecule has 0 aromatic rings. The summed E-state index contributed by atoms with van der Waals surface area (Å²) in [5, 5.41) is 11.2. The second-order valence-corrected chi connectivity index (χ2v) is 4.76. The van der Waals surface area contributed by atoms with E-state index < -0.39 is 5.97 Å². The van der Waals surface area contributed by atoms with Crippen molar-refractivity contribution in [3.8, 4) is 0 Å². The van der Waals surface area contributed by atoms with Crippen molar-refractivity contribution in [1.82, 2.24) is 10.2 Å². The van der Waals surface area contributed by atoms with Gasteiger partial charge in [0.05, 0.1) is 18.6 Å². The molecular formula is C12H24N2O4. The Kier molecular flexibility index (Phi) is 7.35. The molecule has 18 heavy (non-hydrogen) atoms. The van der Waals surface area contributed by atoms with Gasteiger partial charge in [0, 0.05) is 20.1 Å². The Balaban J connectivity index is 3.73. The number of carbonyl (C=O) groups excluding carboxylic acids is 1. The smallest absolute Gasteiger partial charge is 0.317 e. The fourth-order valence-corrected chi connectivity index (χ4v) is 1.09. The van der Waals surface area contributed by atoms with Crippen LogP contribution < -0.4 is 5.32 Å². The van der Waals surface area contributed by atoms with Crippen LogP contribution in [0, 0.1) is 0 Å². The number of carboxylic acids is 1. The number of carbonyl (C=O) groups is 2. The van der Waals surface area contributed by atoms with E-state index in [1.165, 1.54) is 4.90 Å². The molecule has 6 nitrogen and oxygen atoms in total. The van der Waals surface area contributed by atoms with Crippen LogP contribution in [0.4, 0.5) is 4.79 Å². The maximum atomic E-state index is 11.5. The number of amides is 2. The Morgan fingerprint density at radius 2 is 2.00 bits per heavy atom. The molecule has 0 aromatic heterocycles. The van der Waals surface area contributed by atoms with Crippen LogP contribution in [0.5, 0.6) is 0 Å². The van der Waals surface area contributed by atoms with E-state index in [9.17, 15) is 9.59 Å². The van der Waals surface area contributed by atoms with Crippen LogP contribution in [0.25, 0.3) is 0 Å². The highest BCUT2D eigenvalue weighted by atomic mass is 16.5. The minimum absolute atomic E-state index is 0.0523. The molecule has 0 atom stereocenters. The monoisotopic (exact) mass is 260 g/mol. The van der Waals surface area contributed by atoms with Crippen LogP contribution in [-0.4, -0.2) is 54.4 Å². The van der Waals surface area contributed by atoms with Gasteiger partial charge in [0.15, 0.2) is 0 Å². The molecule has 0 aliphatic heterocycles. The van der Waals surface area contributed by atoms with E-state index in [0.717, 1.165) is 6.42 Å². The van der Waals surface area contributed by atoms with E-state index in [4.69, 9.17) is 9.84 Å². The molecule has 0 radical (unpaired) electrons. The van der Waals surface area contributed by atoms with Gasteiger partial charge in [-0.15, -0.1) is 0 Å². The minimum Gasteiger partial charge on any atom is -0.481 e. The number of carboxylic acid groups (broad SMARTS) is 1. The van der Waals surface area contributed by atoms with E-state index >= 15 is 0 Å². The SMILES string of the molecule is CCC(C)(C)OCCNC(=O)N(C)CCC(=O)O. The number of aliphatic carboxylic acids is 1. The molecule has 2 N–H and O–H groups in total. The van der Waals surface area contributed by atoms with E-state index in [2.05, 4.69) is 5.32 Å². The normalized spacial score (nSPS) is 11.1. The largest absolute Gasteiger partial charge is 0.481 e. The van der Waals surface area contributed by atoms with Crippen LogP contribution in [0.3, 0.4) is 0 Å². The molecule has 0 unspecified atom stereocenters. The van der Waals surface area contributed by atoms with Crippen LogP contribution in [-0.2, 0) is 9.53 Å². The standard InChI is InChI=1S/C12H24N2O4/c1-5-12(2,3)18-9-7-13-11(17)14(4)8-6-10(15)16/h5-9H2,1-4H3,(H,13,17)(H,15,16). The van der Waals surface area contributed by atoms with Gasteiger partial charge in [-0.3, -0.25) is 4.79 Å². The number of urea groups is 1. The predicted molar refractivity (Wildman–Crippen MR) is 68.6 cm³/mol. The topological polar surface area (TPSA) is 78.9 Å².